The zero-order valence-corrected chi connectivity index (χ0v) is 16.1. The van der Waals surface area contributed by atoms with E-state index in [9.17, 15) is 4.79 Å². The van der Waals surface area contributed by atoms with Crippen LogP contribution < -0.4 is 14.2 Å². The highest BCUT2D eigenvalue weighted by Crippen LogP contribution is 2.38. The van der Waals surface area contributed by atoms with E-state index in [1.165, 1.54) is 6.08 Å². The van der Waals surface area contributed by atoms with Crippen LogP contribution in [0.15, 0.2) is 60.7 Å². The third-order valence-corrected chi connectivity index (χ3v) is 4.35. The first-order chi connectivity index (χ1) is 13.7. The van der Waals surface area contributed by atoms with Gasteiger partial charge in [0.25, 0.3) is 0 Å². The number of methoxy groups -OCH3 is 3. The minimum Gasteiger partial charge on any atom is -0.493 e. The normalized spacial score (nSPS) is 10.8. The summed E-state index contributed by atoms with van der Waals surface area (Å²) >= 11 is 0. The topological polar surface area (TPSA) is 54.0 Å². The van der Waals surface area contributed by atoms with E-state index in [2.05, 4.69) is 0 Å². The molecule has 0 aliphatic rings. The van der Waals surface area contributed by atoms with Crippen molar-refractivity contribution >= 4 is 22.8 Å². The van der Waals surface area contributed by atoms with Crippen LogP contribution in [0.25, 0.3) is 16.8 Å². The van der Waals surface area contributed by atoms with Crippen LogP contribution in [0.4, 0.5) is 0 Å². The zero-order valence-electron chi connectivity index (χ0n) is 16.1. The average Bonchev–Trinajstić information content (AvgIpc) is 2.75. The van der Waals surface area contributed by atoms with Crippen molar-refractivity contribution in [2.24, 2.45) is 0 Å². The smallest absolute Gasteiger partial charge is 0.331 e. The van der Waals surface area contributed by atoms with E-state index >= 15 is 0 Å². The van der Waals surface area contributed by atoms with Gasteiger partial charge in [0.2, 0.25) is 5.75 Å². The number of hydrogen-bond donors (Lipinski definition) is 0. The van der Waals surface area contributed by atoms with Crippen molar-refractivity contribution in [2.45, 2.75) is 6.61 Å². The number of carbonyl (C=O) groups is 1. The van der Waals surface area contributed by atoms with Gasteiger partial charge in [-0.15, -0.1) is 0 Å². The summed E-state index contributed by atoms with van der Waals surface area (Å²) in [4.78, 5) is 12.2. The Hall–Kier alpha value is -3.47. The first-order valence-corrected chi connectivity index (χ1v) is 8.77. The molecule has 0 unspecified atom stereocenters. The summed E-state index contributed by atoms with van der Waals surface area (Å²) in [6.45, 7) is 0.208. The molecule has 3 aromatic rings. The SMILES string of the molecule is COc1cc(C=CC(=O)OCc2cccc3ccccc23)cc(OC)c1OC. The average molecular weight is 378 g/mol. The van der Waals surface area contributed by atoms with Gasteiger partial charge in [-0.2, -0.15) is 0 Å². The van der Waals surface area contributed by atoms with Crippen LogP contribution in [-0.2, 0) is 16.1 Å². The predicted molar refractivity (Wildman–Crippen MR) is 109 cm³/mol. The summed E-state index contributed by atoms with van der Waals surface area (Å²) in [7, 11) is 4.63. The molecule has 0 spiro atoms. The third-order valence-electron chi connectivity index (χ3n) is 4.35. The first-order valence-electron chi connectivity index (χ1n) is 8.77. The maximum Gasteiger partial charge on any atom is 0.331 e. The Kier molecular flexibility index (Phi) is 6.17. The second-order valence-corrected chi connectivity index (χ2v) is 6.04. The number of hydrogen-bond acceptors (Lipinski definition) is 5. The fraction of sp³-hybridized carbons (Fsp3) is 0.174. The second kappa shape index (κ2) is 8.95. The molecule has 0 saturated carbocycles. The lowest BCUT2D eigenvalue weighted by molar-refractivity contribution is -0.138. The van der Waals surface area contributed by atoms with Crippen LogP contribution in [0.1, 0.15) is 11.1 Å². The maximum absolute atomic E-state index is 12.2. The second-order valence-electron chi connectivity index (χ2n) is 6.04. The molecule has 0 saturated heterocycles. The lowest BCUT2D eigenvalue weighted by atomic mass is 10.1. The molecule has 3 aromatic carbocycles. The Morgan fingerprint density at radius 3 is 2.25 bits per heavy atom. The molecule has 144 valence electrons. The summed E-state index contributed by atoms with van der Waals surface area (Å²) < 4.78 is 21.3. The molecule has 0 aromatic heterocycles. The van der Waals surface area contributed by atoms with Crippen molar-refractivity contribution in [3.63, 3.8) is 0 Å². The standard InChI is InChI=1S/C23H22O5/c1-25-20-13-16(14-21(26-2)23(20)27-3)11-12-22(24)28-15-18-9-6-8-17-7-4-5-10-19(17)18/h4-14H,15H2,1-3H3. The van der Waals surface area contributed by atoms with E-state index in [1.54, 1.807) is 39.5 Å². The number of rotatable bonds is 7. The van der Waals surface area contributed by atoms with E-state index in [1.807, 2.05) is 42.5 Å². The number of esters is 1. The molecule has 5 nitrogen and oxygen atoms in total. The minimum atomic E-state index is -0.429. The van der Waals surface area contributed by atoms with E-state index in [0.29, 0.717) is 17.2 Å². The lowest BCUT2D eigenvalue weighted by Crippen LogP contribution is -2.01. The number of fused-ring (bicyclic) bond motifs is 1. The Balaban J connectivity index is 1.72. The summed E-state index contributed by atoms with van der Waals surface area (Å²) in [5.74, 6) is 1.11. The highest BCUT2D eigenvalue weighted by Gasteiger charge is 2.12. The summed E-state index contributed by atoms with van der Waals surface area (Å²) in [6, 6.07) is 17.5. The molecule has 0 heterocycles. The molecular formula is C23H22O5. The molecule has 0 bridgehead atoms. The van der Waals surface area contributed by atoms with Crippen LogP contribution in [-0.4, -0.2) is 27.3 Å². The van der Waals surface area contributed by atoms with Crippen molar-refractivity contribution in [3.05, 3.63) is 71.8 Å². The van der Waals surface area contributed by atoms with Gasteiger partial charge < -0.3 is 18.9 Å². The Morgan fingerprint density at radius 2 is 1.57 bits per heavy atom. The van der Waals surface area contributed by atoms with Crippen LogP contribution >= 0.6 is 0 Å². The predicted octanol–water partition coefficient (Wildman–Crippen LogP) is 4.62. The zero-order chi connectivity index (χ0) is 19.9. The van der Waals surface area contributed by atoms with Crippen LogP contribution in [0, 0.1) is 0 Å². The maximum atomic E-state index is 12.2. The van der Waals surface area contributed by atoms with Crippen molar-refractivity contribution in [3.8, 4) is 17.2 Å². The van der Waals surface area contributed by atoms with Gasteiger partial charge in [0.1, 0.15) is 6.61 Å². The van der Waals surface area contributed by atoms with E-state index < -0.39 is 5.97 Å². The molecule has 0 radical (unpaired) electrons. The Bertz CT molecular complexity index is 977. The monoisotopic (exact) mass is 378 g/mol. The van der Waals surface area contributed by atoms with Crippen LogP contribution in [0.5, 0.6) is 17.2 Å². The molecule has 0 atom stereocenters. The molecule has 0 N–H and O–H groups in total. The fourth-order valence-electron chi connectivity index (χ4n) is 2.98. The summed E-state index contributed by atoms with van der Waals surface area (Å²) in [5, 5.41) is 2.19. The van der Waals surface area contributed by atoms with Gasteiger partial charge in [-0.1, -0.05) is 42.5 Å². The Labute approximate surface area is 164 Å². The lowest BCUT2D eigenvalue weighted by Gasteiger charge is -2.12. The largest absolute Gasteiger partial charge is 0.493 e. The molecule has 0 fully saturated rings. The van der Waals surface area contributed by atoms with Gasteiger partial charge in [-0.3, -0.25) is 0 Å². The van der Waals surface area contributed by atoms with Gasteiger partial charge in [-0.25, -0.2) is 4.79 Å². The molecule has 0 aliphatic carbocycles. The highest BCUT2D eigenvalue weighted by molar-refractivity contribution is 5.88. The highest BCUT2D eigenvalue weighted by atomic mass is 16.5. The van der Waals surface area contributed by atoms with Crippen LogP contribution in [0.2, 0.25) is 0 Å². The quantitative estimate of drug-likeness (QED) is 0.443. The summed E-state index contributed by atoms with van der Waals surface area (Å²) in [6.07, 6.45) is 3.03. The van der Waals surface area contributed by atoms with Gasteiger partial charge in [0, 0.05) is 6.08 Å². The molecule has 28 heavy (non-hydrogen) atoms. The number of ether oxygens (including phenoxy) is 4. The number of carbonyl (C=O) groups excluding carboxylic acids is 1. The molecule has 0 aliphatic heterocycles. The van der Waals surface area contributed by atoms with Crippen molar-refractivity contribution in [2.75, 3.05) is 21.3 Å². The van der Waals surface area contributed by atoms with Crippen LogP contribution in [0.3, 0.4) is 0 Å². The first kappa shape index (κ1) is 19.3. The van der Waals surface area contributed by atoms with Gasteiger partial charge >= 0.3 is 5.97 Å². The van der Waals surface area contributed by atoms with Crippen molar-refractivity contribution < 1.29 is 23.7 Å². The van der Waals surface area contributed by atoms with Gasteiger partial charge in [-0.05, 0) is 40.1 Å². The minimum absolute atomic E-state index is 0.208. The third kappa shape index (κ3) is 4.26. The van der Waals surface area contributed by atoms with Crippen molar-refractivity contribution in [1.29, 1.82) is 0 Å². The molecular weight excluding hydrogens is 356 g/mol. The molecule has 0 amide bonds. The molecule has 5 heteroatoms. The van der Waals surface area contributed by atoms with E-state index in [4.69, 9.17) is 18.9 Å². The van der Waals surface area contributed by atoms with Gasteiger partial charge in [0.15, 0.2) is 11.5 Å². The fourth-order valence-corrected chi connectivity index (χ4v) is 2.98. The van der Waals surface area contributed by atoms with E-state index in [-0.39, 0.29) is 6.61 Å². The Morgan fingerprint density at radius 1 is 0.893 bits per heavy atom. The van der Waals surface area contributed by atoms with Crippen molar-refractivity contribution in [1.82, 2.24) is 0 Å². The van der Waals surface area contributed by atoms with Gasteiger partial charge in [0.05, 0.1) is 21.3 Å². The molecule has 3 rings (SSSR count). The van der Waals surface area contributed by atoms with E-state index in [0.717, 1.165) is 21.9 Å². The number of benzene rings is 3. The summed E-state index contributed by atoms with van der Waals surface area (Å²) in [5.41, 5.74) is 1.70.